The number of nitrogens with zero attached hydrogens (tertiary/aromatic N) is 3. The lowest BCUT2D eigenvalue weighted by molar-refractivity contribution is -0.0858. The van der Waals surface area contributed by atoms with Crippen LogP contribution in [0.1, 0.15) is 27.2 Å². The highest BCUT2D eigenvalue weighted by Crippen LogP contribution is 2.40. The van der Waals surface area contributed by atoms with Gasteiger partial charge in [0.1, 0.15) is 5.82 Å². The number of benzene rings is 2. The molecule has 1 aliphatic rings. The normalized spacial score (nSPS) is 13.6. The minimum Gasteiger partial charge on any atom is -0.349 e. The predicted molar refractivity (Wildman–Crippen MR) is 164 cm³/mol. The average molecular weight is 614 g/mol. The van der Waals surface area contributed by atoms with Crippen molar-refractivity contribution >= 4 is 40.0 Å². The molecule has 4 heterocycles. The number of aryl methyl sites for hydroxylation is 1. The van der Waals surface area contributed by atoms with Crippen LogP contribution in [0, 0.1) is 12.7 Å². The van der Waals surface area contributed by atoms with Crippen molar-refractivity contribution in [2.45, 2.75) is 27.7 Å². The number of nitrogens with one attached hydrogen (secondary N) is 2. The quantitative estimate of drug-likeness (QED) is 0.188. The van der Waals surface area contributed by atoms with Gasteiger partial charge in [-0.2, -0.15) is 0 Å². The summed E-state index contributed by atoms with van der Waals surface area (Å²) >= 11 is 2.54. The predicted octanol–water partition coefficient (Wildman–Crippen LogP) is 6.36. The molecular formula is C32H28FN5O3S2. The maximum absolute atomic E-state index is 15.7. The first kappa shape index (κ1) is 28.9. The van der Waals surface area contributed by atoms with Gasteiger partial charge in [0.05, 0.1) is 33.9 Å². The van der Waals surface area contributed by atoms with Crippen LogP contribution in [0.2, 0.25) is 0 Å². The third kappa shape index (κ3) is 6.30. The Kier molecular flexibility index (Phi) is 8.75. The van der Waals surface area contributed by atoms with Gasteiger partial charge in [0.25, 0.3) is 5.91 Å². The Morgan fingerprint density at radius 2 is 1.65 bits per heavy atom. The minimum absolute atomic E-state index is 0.0971. The van der Waals surface area contributed by atoms with Crippen molar-refractivity contribution in [3.63, 3.8) is 0 Å². The lowest BCUT2D eigenvalue weighted by Gasteiger charge is -2.38. The molecule has 0 atom stereocenters. The zero-order valence-electron chi connectivity index (χ0n) is 23.2. The number of hydrogen-bond donors (Lipinski definition) is 2. The number of aromatic nitrogens is 3. The molecule has 0 aliphatic carbocycles. The number of pyridine rings is 2. The Bertz CT molecular complexity index is 1660. The second-order valence-electron chi connectivity index (χ2n) is 9.86. The van der Waals surface area contributed by atoms with E-state index in [4.69, 9.17) is 9.47 Å². The number of anilines is 2. The zero-order valence-corrected chi connectivity index (χ0v) is 24.8. The first-order valence-electron chi connectivity index (χ1n) is 13.6. The van der Waals surface area contributed by atoms with Gasteiger partial charge in [-0.05, 0) is 41.8 Å². The van der Waals surface area contributed by atoms with Crippen LogP contribution in [0.25, 0.3) is 0 Å². The molecule has 0 unspecified atom stereocenters. The van der Waals surface area contributed by atoms with Crippen LogP contribution in [0.4, 0.5) is 15.3 Å². The van der Waals surface area contributed by atoms with E-state index < -0.39 is 23.4 Å². The number of hydrogen-bond acceptors (Lipinski definition) is 9. The molecule has 1 aliphatic heterocycles. The summed E-state index contributed by atoms with van der Waals surface area (Å²) in [4.78, 5) is 26.5. The monoisotopic (exact) mass is 613 g/mol. The van der Waals surface area contributed by atoms with E-state index in [2.05, 4.69) is 25.6 Å². The van der Waals surface area contributed by atoms with E-state index in [0.29, 0.717) is 24.2 Å². The molecule has 0 bridgehead atoms. The Morgan fingerprint density at radius 1 is 0.977 bits per heavy atom. The summed E-state index contributed by atoms with van der Waals surface area (Å²) < 4.78 is 28.6. The first-order chi connectivity index (χ1) is 21.0. The van der Waals surface area contributed by atoms with E-state index in [0.717, 1.165) is 20.9 Å². The molecule has 1 amide bonds. The first-order valence-corrected chi connectivity index (χ1v) is 15.3. The zero-order chi connectivity index (χ0) is 29.6. The summed E-state index contributed by atoms with van der Waals surface area (Å²) in [6.45, 7) is 2.95. The number of carbonyl (C=O) groups excluding carboxylic acids is 1. The van der Waals surface area contributed by atoms with E-state index in [1.54, 1.807) is 18.5 Å². The Labute approximate surface area is 256 Å². The van der Waals surface area contributed by atoms with Crippen molar-refractivity contribution in [3.05, 3.63) is 126 Å². The van der Waals surface area contributed by atoms with Gasteiger partial charge >= 0.3 is 0 Å². The third-order valence-electron chi connectivity index (χ3n) is 7.04. The van der Waals surface area contributed by atoms with Crippen LogP contribution in [-0.2, 0) is 14.9 Å². The molecule has 2 aromatic carbocycles. The highest BCUT2D eigenvalue weighted by Gasteiger charge is 2.46. The standard InChI is InChI=1S/C32H28FN5O3S2/c1-21-12-14-34-25(18-21)38-31-36-19-26(43-31)42-24-13-15-35-28(27(24)33)29(39)37-20-32(30-40-16-17-41-30,22-8-4-2-5-9-22)23-10-6-3-7-11-23/h2-15,18-19,30H,16-17,20H2,1H3,(H,37,39)(H,34,36,38). The van der Waals surface area contributed by atoms with Crippen LogP contribution in [0.15, 0.2) is 107 Å². The van der Waals surface area contributed by atoms with Crippen LogP contribution in [0.3, 0.4) is 0 Å². The smallest absolute Gasteiger partial charge is 0.273 e. The maximum Gasteiger partial charge on any atom is 0.273 e. The Balaban J connectivity index is 1.23. The van der Waals surface area contributed by atoms with Crippen molar-refractivity contribution < 1.29 is 18.7 Å². The second-order valence-corrected chi connectivity index (χ2v) is 12.2. The van der Waals surface area contributed by atoms with Crippen LogP contribution in [-0.4, -0.2) is 46.9 Å². The summed E-state index contributed by atoms with van der Waals surface area (Å²) in [7, 11) is 0. The number of thiazole rings is 1. The molecule has 0 spiro atoms. The molecule has 1 fully saturated rings. The van der Waals surface area contributed by atoms with Gasteiger partial charge in [-0.25, -0.2) is 19.3 Å². The summed E-state index contributed by atoms with van der Waals surface area (Å²) in [5, 5.41) is 6.74. The molecule has 0 radical (unpaired) electrons. The van der Waals surface area contributed by atoms with Crippen LogP contribution < -0.4 is 10.6 Å². The molecule has 3 aromatic heterocycles. The van der Waals surface area contributed by atoms with Crippen molar-refractivity contribution in [2.24, 2.45) is 0 Å². The van der Waals surface area contributed by atoms with E-state index in [1.165, 1.54) is 29.3 Å². The SMILES string of the molecule is Cc1ccnc(Nc2ncc(Sc3ccnc(C(=O)NCC(c4ccccc4)(c4ccccc4)C4OCCO4)c3F)s2)c1. The van der Waals surface area contributed by atoms with Crippen molar-refractivity contribution in [3.8, 4) is 0 Å². The molecule has 0 saturated carbocycles. The van der Waals surface area contributed by atoms with Gasteiger partial charge in [0.2, 0.25) is 0 Å². The Morgan fingerprint density at radius 3 is 2.33 bits per heavy atom. The fourth-order valence-electron chi connectivity index (χ4n) is 4.99. The van der Waals surface area contributed by atoms with E-state index in [9.17, 15) is 4.79 Å². The number of rotatable bonds is 10. The Hall–Kier alpha value is -4.16. The van der Waals surface area contributed by atoms with E-state index in [-0.39, 0.29) is 17.1 Å². The molecule has 1 saturated heterocycles. The molecule has 6 rings (SSSR count). The number of amides is 1. The van der Waals surface area contributed by atoms with Gasteiger partial charge in [0, 0.05) is 18.9 Å². The number of carbonyl (C=O) groups is 1. The molecule has 218 valence electrons. The van der Waals surface area contributed by atoms with Gasteiger partial charge in [0.15, 0.2) is 22.9 Å². The van der Waals surface area contributed by atoms with E-state index >= 15 is 4.39 Å². The fraction of sp³-hybridized carbons (Fsp3) is 0.188. The van der Waals surface area contributed by atoms with Crippen LogP contribution >= 0.6 is 23.1 Å². The summed E-state index contributed by atoms with van der Waals surface area (Å²) in [6, 6.07) is 24.9. The minimum atomic E-state index is -0.879. The van der Waals surface area contributed by atoms with Crippen LogP contribution in [0.5, 0.6) is 0 Å². The van der Waals surface area contributed by atoms with E-state index in [1.807, 2.05) is 79.7 Å². The average Bonchev–Trinajstić information content (AvgIpc) is 3.73. The molecule has 2 N–H and O–H groups in total. The maximum atomic E-state index is 15.7. The lowest BCUT2D eigenvalue weighted by atomic mass is 9.73. The van der Waals surface area contributed by atoms with Gasteiger partial charge in [-0.3, -0.25) is 4.79 Å². The topological polar surface area (TPSA) is 98.3 Å². The van der Waals surface area contributed by atoms with Crippen molar-refractivity contribution in [2.75, 3.05) is 25.1 Å². The third-order valence-corrected chi connectivity index (χ3v) is 9.09. The number of ether oxygens (including phenoxy) is 2. The molecular weight excluding hydrogens is 586 g/mol. The lowest BCUT2D eigenvalue weighted by Crippen LogP contribution is -2.50. The van der Waals surface area contributed by atoms with Gasteiger partial charge in [-0.1, -0.05) is 83.8 Å². The fourth-order valence-corrected chi connectivity index (χ4v) is 6.86. The van der Waals surface area contributed by atoms with Crippen molar-refractivity contribution in [1.82, 2.24) is 20.3 Å². The van der Waals surface area contributed by atoms with Gasteiger partial charge in [-0.15, -0.1) is 0 Å². The molecule has 43 heavy (non-hydrogen) atoms. The van der Waals surface area contributed by atoms with Gasteiger partial charge < -0.3 is 20.1 Å². The van der Waals surface area contributed by atoms with Crippen molar-refractivity contribution in [1.29, 1.82) is 0 Å². The summed E-state index contributed by atoms with van der Waals surface area (Å²) in [5.41, 5.74) is 1.71. The molecule has 8 nitrogen and oxygen atoms in total. The second kappa shape index (κ2) is 13.0. The number of halogens is 1. The summed E-state index contributed by atoms with van der Waals surface area (Å²) in [6.07, 6.45) is 4.16. The highest BCUT2D eigenvalue weighted by molar-refractivity contribution is 8.01. The highest BCUT2D eigenvalue weighted by atomic mass is 32.2. The molecule has 11 heteroatoms. The largest absolute Gasteiger partial charge is 0.349 e. The summed E-state index contributed by atoms with van der Waals surface area (Å²) in [5.74, 6) is -0.659. The molecule has 5 aromatic rings.